The number of nitrogens with one attached hydrogen (secondary N) is 1. The quantitative estimate of drug-likeness (QED) is 0.713. The monoisotopic (exact) mass is 348 g/mol. The summed E-state index contributed by atoms with van der Waals surface area (Å²) < 4.78 is 7.44. The van der Waals surface area contributed by atoms with Crippen LogP contribution < -0.4 is 10.1 Å². The summed E-state index contributed by atoms with van der Waals surface area (Å²) in [6, 6.07) is 12.0. The summed E-state index contributed by atoms with van der Waals surface area (Å²) in [7, 11) is 1.67. The molecule has 1 heterocycles. The smallest absolute Gasteiger partial charge is 0.188 e. The highest BCUT2D eigenvalue weighted by atomic mass is 79.9. The zero-order valence-corrected chi connectivity index (χ0v) is 13.5. The van der Waals surface area contributed by atoms with Crippen LogP contribution in [0.5, 0.6) is 5.75 Å². The van der Waals surface area contributed by atoms with Crippen LogP contribution in [0.15, 0.2) is 40.9 Å². The topological polar surface area (TPSA) is 34.1 Å². The number of hydrogen-bond donors (Lipinski definition) is 1. The highest BCUT2D eigenvalue weighted by Crippen LogP contribution is 2.32. The van der Waals surface area contributed by atoms with Gasteiger partial charge in [-0.15, -0.1) is 0 Å². The molecule has 0 aliphatic carbocycles. The Morgan fingerprint density at radius 3 is 2.90 bits per heavy atom. The van der Waals surface area contributed by atoms with Crippen molar-refractivity contribution in [1.29, 1.82) is 0 Å². The van der Waals surface area contributed by atoms with E-state index in [0.717, 1.165) is 31.3 Å². The summed E-state index contributed by atoms with van der Waals surface area (Å²) in [5.41, 5.74) is 3.21. The minimum Gasteiger partial charge on any atom is -0.497 e. The molecular weight excluding hydrogens is 336 g/mol. The van der Waals surface area contributed by atoms with E-state index in [2.05, 4.69) is 33.2 Å². The first-order valence-electron chi connectivity index (χ1n) is 6.14. The summed E-state index contributed by atoms with van der Waals surface area (Å²) in [5.74, 6) is 0.853. The van der Waals surface area contributed by atoms with Gasteiger partial charge in [0.05, 0.1) is 17.3 Å². The van der Waals surface area contributed by atoms with E-state index in [0.29, 0.717) is 0 Å². The zero-order valence-electron chi connectivity index (χ0n) is 11.1. The molecule has 2 aromatic carbocycles. The Morgan fingerprint density at radius 2 is 2.10 bits per heavy atom. The number of anilines is 2. The van der Waals surface area contributed by atoms with E-state index in [1.807, 2.05) is 36.4 Å². The predicted octanol–water partition coefficient (Wildman–Crippen LogP) is 5.12. The third-order valence-electron chi connectivity index (χ3n) is 3.10. The second-order valence-corrected chi connectivity index (χ2v) is 6.28. The summed E-state index contributed by atoms with van der Waals surface area (Å²) in [6.45, 7) is 2.07. The Morgan fingerprint density at radius 1 is 1.25 bits per heavy atom. The number of hydrogen-bond acceptors (Lipinski definition) is 4. The van der Waals surface area contributed by atoms with Crippen molar-refractivity contribution >= 4 is 48.3 Å². The van der Waals surface area contributed by atoms with Crippen LogP contribution in [0.25, 0.3) is 10.2 Å². The number of rotatable bonds is 3. The van der Waals surface area contributed by atoms with Crippen molar-refractivity contribution in [2.24, 2.45) is 0 Å². The molecule has 3 rings (SSSR count). The van der Waals surface area contributed by atoms with Gasteiger partial charge in [-0.2, -0.15) is 0 Å². The van der Waals surface area contributed by atoms with Crippen molar-refractivity contribution in [3.8, 4) is 5.75 Å². The largest absolute Gasteiger partial charge is 0.497 e. The molecule has 0 aliphatic rings. The zero-order chi connectivity index (χ0) is 14.1. The molecule has 0 saturated heterocycles. The van der Waals surface area contributed by atoms with Gasteiger partial charge in [-0.05, 0) is 42.8 Å². The molecular formula is C15H13BrN2OS. The van der Waals surface area contributed by atoms with Gasteiger partial charge in [0.2, 0.25) is 0 Å². The number of thiazole rings is 1. The molecule has 1 N–H and O–H groups in total. The maximum atomic E-state index is 5.24. The van der Waals surface area contributed by atoms with Gasteiger partial charge in [0.1, 0.15) is 5.75 Å². The summed E-state index contributed by atoms with van der Waals surface area (Å²) in [4.78, 5) is 4.59. The van der Waals surface area contributed by atoms with E-state index in [1.165, 1.54) is 5.56 Å². The van der Waals surface area contributed by atoms with E-state index in [-0.39, 0.29) is 0 Å². The molecule has 0 unspecified atom stereocenters. The second-order valence-electron chi connectivity index (χ2n) is 4.39. The first-order valence-corrected chi connectivity index (χ1v) is 7.75. The SMILES string of the molecule is COc1ccc2nc(Nc3cccc(Br)c3C)sc2c1. The Hall–Kier alpha value is -1.59. The van der Waals surface area contributed by atoms with Crippen LogP contribution in [-0.4, -0.2) is 12.1 Å². The van der Waals surface area contributed by atoms with E-state index in [1.54, 1.807) is 18.4 Å². The third kappa shape index (κ3) is 2.51. The Labute approximate surface area is 129 Å². The van der Waals surface area contributed by atoms with Crippen molar-refractivity contribution in [3.05, 3.63) is 46.4 Å². The lowest BCUT2D eigenvalue weighted by Crippen LogP contribution is -1.92. The molecule has 0 atom stereocenters. The molecule has 102 valence electrons. The van der Waals surface area contributed by atoms with E-state index in [9.17, 15) is 0 Å². The maximum absolute atomic E-state index is 5.24. The fraction of sp³-hybridized carbons (Fsp3) is 0.133. The van der Waals surface area contributed by atoms with Gasteiger partial charge in [0.15, 0.2) is 5.13 Å². The Balaban J connectivity index is 1.96. The maximum Gasteiger partial charge on any atom is 0.188 e. The van der Waals surface area contributed by atoms with Gasteiger partial charge < -0.3 is 10.1 Å². The van der Waals surface area contributed by atoms with Crippen molar-refractivity contribution < 1.29 is 4.74 Å². The van der Waals surface area contributed by atoms with E-state index >= 15 is 0 Å². The highest BCUT2D eigenvalue weighted by Gasteiger charge is 2.07. The number of methoxy groups -OCH3 is 1. The lowest BCUT2D eigenvalue weighted by Gasteiger charge is -2.07. The van der Waals surface area contributed by atoms with Crippen LogP contribution in [0, 0.1) is 6.92 Å². The minimum absolute atomic E-state index is 0.853. The summed E-state index contributed by atoms with van der Waals surface area (Å²) >= 11 is 5.16. The minimum atomic E-state index is 0.853. The number of nitrogens with zero attached hydrogens (tertiary/aromatic N) is 1. The molecule has 5 heteroatoms. The van der Waals surface area contributed by atoms with Gasteiger partial charge in [-0.25, -0.2) is 4.98 Å². The molecule has 0 bridgehead atoms. The lowest BCUT2D eigenvalue weighted by atomic mass is 10.2. The molecule has 0 amide bonds. The highest BCUT2D eigenvalue weighted by molar-refractivity contribution is 9.10. The van der Waals surface area contributed by atoms with E-state index < -0.39 is 0 Å². The standard InChI is InChI=1S/C15H13BrN2OS/c1-9-11(16)4-3-5-12(9)17-15-18-13-7-6-10(19-2)8-14(13)20-15/h3-8H,1-2H3,(H,17,18). The summed E-state index contributed by atoms with van der Waals surface area (Å²) in [6.07, 6.45) is 0. The molecule has 0 spiro atoms. The molecule has 1 aromatic heterocycles. The fourth-order valence-corrected chi connectivity index (χ4v) is 3.22. The van der Waals surface area contributed by atoms with Crippen LogP contribution in [0.2, 0.25) is 0 Å². The number of halogens is 1. The average Bonchev–Trinajstić information content (AvgIpc) is 2.85. The van der Waals surface area contributed by atoms with Crippen LogP contribution >= 0.6 is 27.3 Å². The number of fused-ring (bicyclic) bond motifs is 1. The second kappa shape index (κ2) is 5.42. The number of benzene rings is 2. The van der Waals surface area contributed by atoms with E-state index in [4.69, 9.17) is 4.74 Å². The van der Waals surface area contributed by atoms with Crippen molar-refractivity contribution in [1.82, 2.24) is 4.98 Å². The molecule has 0 radical (unpaired) electrons. The molecule has 20 heavy (non-hydrogen) atoms. The molecule has 0 saturated carbocycles. The van der Waals surface area contributed by atoms with Crippen LogP contribution in [-0.2, 0) is 0 Å². The lowest BCUT2D eigenvalue weighted by molar-refractivity contribution is 0.415. The Kier molecular flexibility index (Phi) is 3.63. The van der Waals surface area contributed by atoms with Crippen LogP contribution in [0.3, 0.4) is 0 Å². The summed E-state index contributed by atoms with van der Waals surface area (Å²) in [5, 5.41) is 4.26. The van der Waals surface area contributed by atoms with Gasteiger partial charge in [0, 0.05) is 10.2 Å². The van der Waals surface area contributed by atoms with Crippen molar-refractivity contribution in [3.63, 3.8) is 0 Å². The van der Waals surface area contributed by atoms with Gasteiger partial charge in [-0.3, -0.25) is 0 Å². The molecule has 3 nitrogen and oxygen atoms in total. The molecule has 3 aromatic rings. The first-order chi connectivity index (χ1) is 9.67. The van der Waals surface area contributed by atoms with Crippen LogP contribution in [0.4, 0.5) is 10.8 Å². The number of aromatic nitrogens is 1. The van der Waals surface area contributed by atoms with Crippen LogP contribution in [0.1, 0.15) is 5.56 Å². The number of ether oxygens (including phenoxy) is 1. The Bertz CT molecular complexity index is 770. The predicted molar refractivity (Wildman–Crippen MR) is 88.3 cm³/mol. The fourth-order valence-electron chi connectivity index (χ4n) is 1.94. The van der Waals surface area contributed by atoms with Gasteiger partial charge in [0.25, 0.3) is 0 Å². The normalized spacial score (nSPS) is 10.8. The first kappa shape index (κ1) is 13.4. The van der Waals surface area contributed by atoms with Gasteiger partial charge in [-0.1, -0.05) is 33.3 Å². The van der Waals surface area contributed by atoms with Crippen molar-refractivity contribution in [2.75, 3.05) is 12.4 Å². The molecule has 0 aliphatic heterocycles. The average molecular weight is 349 g/mol. The molecule has 0 fully saturated rings. The van der Waals surface area contributed by atoms with Gasteiger partial charge >= 0.3 is 0 Å². The van der Waals surface area contributed by atoms with Crippen molar-refractivity contribution in [2.45, 2.75) is 6.92 Å². The third-order valence-corrected chi connectivity index (χ3v) is 4.90.